The first-order chi connectivity index (χ1) is 13.5. The maximum Gasteiger partial charge on any atom is 0.322 e. The topological polar surface area (TPSA) is 67.9 Å². The van der Waals surface area contributed by atoms with E-state index in [2.05, 4.69) is 5.32 Å². The summed E-state index contributed by atoms with van der Waals surface area (Å²) in [6.07, 6.45) is 4.30. The molecule has 1 heterocycles. The van der Waals surface area contributed by atoms with Crippen LogP contribution in [0.1, 0.15) is 46.0 Å². The third-order valence-corrected chi connectivity index (χ3v) is 5.84. The van der Waals surface area contributed by atoms with E-state index in [9.17, 15) is 9.59 Å². The van der Waals surface area contributed by atoms with E-state index in [0.717, 1.165) is 32.1 Å². The van der Waals surface area contributed by atoms with Crippen LogP contribution in [0.4, 0.5) is 10.5 Å². The molecular formula is C21H29ClN2O4. The molecule has 6 nitrogen and oxygen atoms in total. The third-order valence-electron chi connectivity index (χ3n) is 5.60. The van der Waals surface area contributed by atoms with Gasteiger partial charge in [-0.05, 0) is 63.1 Å². The lowest BCUT2D eigenvalue weighted by atomic mass is 9.82. The van der Waals surface area contributed by atoms with Gasteiger partial charge in [-0.1, -0.05) is 18.5 Å². The Hall–Kier alpha value is -1.95. The number of urea groups is 1. The van der Waals surface area contributed by atoms with Crippen LogP contribution < -0.4 is 15.0 Å². The van der Waals surface area contributed by atoms with Crippen LogP contribution in [0.5, 0.6) is 5.75 Å². The number of ether oxygens (including phenoxy) is 2. The Morgan fingerprint density at radius 3 is 2.68 bits per heavy atom. The van der Waals surface area contributed by atoms with Crippen LogP contribution in [0.15, 0.2) is 18.2 Å². The van der Waals surface area contributed by atoms with Crippen LogP contribution >= 0.6 is 11.6 Å². The molecule has 1 aliphatic carbocycles. The van der Waals surface area contributed by atoms with E-state index in [0.29, 0.717) is 42.1 Å². The number of fused-ring (bicyclic) bond motifs is 1. The SMILES string of the molecule is CCOC(=O)C1CCC(CNC(=O)N2C[C@H](CC)Oc3ccc(Cl)cc32)CC1. The number of carbonyl (C=O) groups is 2. The van der Waals surface area contributed by atoms with Crippen LogP contribution in [0, 0.1) is 11.8 Å². The summed E-state index contributed by atoms with van der Waals surface area (Å²) in [5, 5.41) is 3.64. The molecule has 2 aliphatic rings. The molecular weight excluding hydrogens is 380 g/mol. The Bertz CT molecular complexity index is 704. The van der Waals surface area contributed by atoms with Crippen molar-refractivity contribution in [3.8, 4) is 5.75 Å². The van der Waals surface area contributed by atoms with Crippen molar-refractivity contribution in [1.29, 1.82) is 0 Å². The lowest BCUT2D eigenvalue weighted by molar-refractivity contribution is -0.149. The molecule has 1 atom stereocenters. The van der Waals surface area contributed by atoms with E-state index in [-0.39, 0.29) is 24.0 Å². The molecule has 0 unspecified atom stereocenters. The Labute approximate surface area is 171 Å². The molecule has 0 radical (unpaired) electrons. The number of amides is 2. The number of esters is 1. The number of halogens is 1. The Kier molecular flexibility index (Phi) is 7.05. The number of nitrogens with zero attached hydrogens (tertiary/aromatic N) is 1. The Balaban J connectivity index is 1.55. The van der Waals surface area contributed by atoms with Crippen molar-refractivity contribution >= 4 is 29.3 Å². The maximum atomic E-state index is 12.9. The molecule has 1 aromatic rings. The van der Waals surface area contributed by atoms with Crippen molar-refractivity contribution in [1.82, 2.24) is 5.32 Å². The van der Waals surface area contributed by atoms with E-state index in [1.54, 1.807) is 17.0 Å². The molecule has 28 heavy (non-hydrogen) atoms. The Morgan fingerprint density at radius 2 is 2.00 bits per heavy atom. The van der Waals surface area contributed by atoms with E-state index >= 15 is 0 Å². The first-order valence-corrected chi connectivity index (χ1v) is 10.6. The molecule has 1 saturated carbocycles. The highest BCUT2D eigenvalue weighted by Gasteiger charge is 2.31. The normalized spacial score (nSPS) is 24.1. The molecule has 1 N–H and O–H groups in total. The number of benzene rings is 1. The van der Waals surface area contributed by atoms with Crippen molar-refractivity contribution in [2.75, 3.05) is 24.6 Å². The molecule has 0 bridgehead atoms. The van der Waals surface area contributed by atoms with Gasteiger partial charge in [0.2, 0.25) is 0 Å². The highest BCUT2D eigenvalue weighted by atomic mass is 35.5. The van der Waals surface area contributed by atoms with Gasteiger partial charge in [0.05, 0.1) is 24.8 Å². The van der Waals surface area contributed by atoms with Gasteiger partial charge in [0.1, 0.15) is 11.9 Å². The van der Waals surface area contributed by atoms with Gasteiger partial charge >= 0.3 is 12.0 Å². The largest absolute Gasteiger partial charge is 0.486 e. The van der Waals surface area contributed by atoms with E-state index in [4.69, 9.17) is 21.1 Å². The zero-order chi connectivity index (χ0) is 20.1. The van der Waals surface area contributed by atoms with Gasteiger partial charge in [-0.15, -0.1) is 0 Å². The van der Waals surface area contributed by atoms with Gasteiger partial charge in [0, 0.05) is 11.6 Å². The fraction of sp³-hybridized carbons (Fsp3) is 0.619. The average Bonchev–Trinajstić information content (AvgIpc) is 2.71. The summed E-state index contributed by atoms with van der Waals surface area (Å²) < 4.78 is 11.1. The molecule has 154 valence electrons. The van der Waals surface area contributed by atoms with Crippen LogP contribution in [0.3, 0.4) is 0 Å². The predicted octanol–water partition coefficient (Wildman–Crippen LogP) is 4.40. The van der Waals surface area contributed by atoms with Crippen LogP contribution in [0.25, 0.3) is 0 Å². The number of carbonyl (C=O) groups excluding carboxylic acids is 2. The number of nitrogens with one attached hydrogen (secondary N) is 1. The van der Waals surface area contributed by atoms with Gasteiger partial charge in [-0.3, -0.25) is 9.69 Å². The van der Waals surface area contributed by atoms with Crippen LogP contribution in [-0.2, 0) is 9.53 Å². The van der Waals surface area contributed by atoms with Gasteiger partial charge in [0.25, 0.3) is 0 Å². The molecule has 0 aromatic heterocycles. The standard InChI is InChI=1S/C21H29ClN2O4/c1-3-17-13-24(18-11-16(22)9-10-19(18)28-17)21(26)23-12-14-5-7-15(8-6-14)20(25)27-4-2/h9-11,14-15,17H,3-8,12-13H2,1-2H3,(H,23,26)/t14?,15?,17-/m0/s1. The minimum atomic E-state index is -0.127. The highest BCUT2D eigenvalue weighted by Crippen LogP contribution is 2.36. The molecule has 1 aliphatic heterocycles. The van der Waals surface area contributed by atoms with Gasteiger partial charge in [0.15, 0.2) is 0 Å². The van der Waals surface area contributed by atoms with E-state index in [1.807, 2.05) is 19.9 Å². The minimum absolute atomic E-state index is 0.00507. The van der Waals surface area contributed by atoms with Gasteiger partial charge in [-0.2, -0.15) is 0 Å². The summed E-state index contributed by atoms with van der Waals surface area (Å²) >= 11 is 6.13. The number of anilines is 1. The maximum absolute atomic E-state index is 12.9. The molecule has 2 amide bonds. The molecule has 0 saturated heterocycles. The first kappa shape index (κ1) is 20.8. The number of hydrogen-bond acceptors (Lipinski definition) is 4. The van der Waals surface area contributed by atoms with E-state index in [1.165, 1.54) is 0 Å². The van der Waals surface area contributed by atoms with Crippen LogP contribution in [-0.4, -0.2) is 37.8 Å². The van der Waals surface area contributed by atoms with Crippen molar-refractivity contribution in [3.05, 3.63) is 23.2 Å². The summed E-state index contributed by atoms with van der Waals surface area (Å²) in [6, 6.07) is 5.23. The number of hydrogen-bond donors (Lipinski definition) is 1. The van der Waals surface area contributed by atoms with Crippen molar-refractivity contribution in [2.45, 2.75) is 52.1 Å². The van der Waals surface area contributed by atoms with Gasteiger partial charge < -0.3 is 14.8 Å². The number of rotatable bonds is 5. The second kappa shape index (κ2) is 9.50. The zero-order valence-corrected chi connectivity index (χ0v) is 17.3. The highest BCUT2D eigenvalue weighted by molar-refractivity contribution is 6.31. The van der Waals surface area contributed by atoms with Crippen molar-refractivity contribution < 1.29 is 19.1 Å². The van der Waals surface area contributed by atoms with Gasteiger partial charge in [-0.25, -0.2) is 4.79 Å². The molecule has 3 rings (SSSR count). The first-order valence-electron chi connectivity index (χ1n) is 10.2. The summed E-state index contributed by atoms with van der Waals surface area (Å²) in [5.74, 6) is 0.993. The fourth-order valence-electron chi connectivity index (χ4n) is 3.91. The van der Waals surface area contributed by atoms with Crippen molar-refractivity contribution in [3.63, 3.8) is 0 Å². The molecule has 1 aromatic carbocycles. The summed E-state index contributed by atoms with van der Waals surface area (Å²) in [6.45, 7) is 5.42. The Morgan fingerprint density at radius 1 is 1.25 bits per heavy atom. The lowest BCUT2D eigenvalue weighted by Crippen LogP contribution is -2.49. The molecule has 7 heteroatoms. The minimum Gasteiger partial charge on any atom is -0.486 e. The zero-order valence-electron chi connectivity index (χ0n) is 16.6. The average molecular weight is 409 g/mol. The third kappa shape index (κ3) is 4.90. The smallest absolute Gasteiger partial charge is 0.322 e. The fourth-order valence-corrected chi connectivity index (χ4v) is 4.08. The lowest BCUT2D eigenvalue weighted by Gasteiger charge is -2.35. The second-order valence-corrected chi connectivity index (χ2v) is 7.96. The molecule has 0 spiro atoms. The summed E-state index contributed by atoms with van der Waals surface area (Å²) in [5.41, 5.74) is 0.709. The quantitative estimate of drug-likeness (QED) is 0.733. The summed E-state index contributed by atoms with van der Waals surface area (Å²) in [7, 11) is 0. The molecule has 1 fully saturated rings. The predicted molar refractivity (Wildman–Crippen MR) is 109 cm³/mol. The van der Waals surface area contributed by atoms with E-state index < -0.39 is 0 Å². The van der Waals surface area contributed by atoms with Crippen molar-refractivity contribution in [2.24, 2.45) is 11.8 Å². The second-order valence-electron chi connectivity index (χ2n) is 7.53. The monoisotopic (exact) mass is 408 g/mol. The summed E-state index contributed by atoms with van der Waals surface area (Å²) in [4.78, 5) is 26.5. The van der Waals surface area contributed by atoms with Crippen LogP contribution in [0.2, 0.25) is 5.02 Å².